The molecular formula is C10H13N3O3S. The zero-order valence-electron chi connectivity index (χ0n) is 9.17. The summed E-state index contributed by atoms with van der Waals surface area (Å²) in [7, 11) is -1.17. The molecule has 6 nitrogen and oxygen atoms in total. The number of nitrogens with one attached hydrogen (secondary N) is 1. The minimum absolute atomic E-state index is 0.0731. The topological polar surface area (TPSA) is 85.1 Å². The molecule has 0 unspecified atom stereocenters. The summed E-state index contributed by atoms with van der Waals surface area (Å²) in [6.07, 6.45) is 2.87. The monoisotopic (exact) mass is 255 g/mol. The molecule has 1 aliphatic heterocycles. The SMILES string of the molecule is O=[N+]([O-])c1ccc([S@@](=O)C2CCNCC2)nc1. The van der Waals surface area contributed by atoms with E-state index in [9.17, 15) is 14.3 Å². The number of hydrogen-bond donors (Lipinski definition) is 1. The molecule has 2 rings (SSSR count). The normalized spacial score (nSPS) is 18.8. The molecule has 0 spiro atoms. The Morgan fingerprint density at radius 3 is 2.65 bits per heavy atom. The van der Waals surface area contributed by atoms with Crippen molar-refractivity contribution in [1.82, 2.24) is 10.3 Å². The van der Waals surface area contributed by atoms with Gasteiger partial charge in [-0.3, -0.25) is 14.3 Å². The van der Waals surface area contributed by atoms with Gasteiger partial charge in [-0.05, 0) is 32.0 Å². The molecule has 1 N–H and O–H groups in total. The van der Waals surface area contributed by atoms with E-state index >= 15 is 0 Å². The third-order valence-electron chi connectivity index (χ3n) is 2.73. The van der Waals surface area contributed by atoms with Gasteiger partial charge >= 0.3 is 0 Å². The second kappa shape index (κ2) is 5.33. The Bertz CT molecular complexity index is 429. The van der Waals surface area contributed by atoms with Gasteiger partial charge in [-0.2, -0.15) is 0 Å². The zero-order chi connectivity index (χ0) is 12.3. The van der Waals surface area contributed by atoms with Crippen LogP contribution in [-0.2, 0) is 10.8 Å². The van der Waals surface area contributed by atoms with Gasteiger partial charge in [-0.15, -0.1) is 0 Å². The summed E-state index contributed by atoms with van der Waals surface area (Å²) in [4.78, 5) is 13.9. The Kier molecular flexibility index (Phi) is 3.80. The van der Waals surface area contributed by atoms with E-state index in [2.05, 4.69) is 10.3 Å². The van der Waals surface area contributed by atoms with Crippen molar-refractivity contribution in [3.63, 3.8) is 0 Å². The third kappa shape index (κ3) is 2.86. The highest BCUT2D eigenvalue weighted by Gasteiger charge is 2.22. The molecule has 0 radical (unpaired) electrons. The first-order chi connectivity index (χ1) is 8.18. The van der Waals surface area contributed by atoms with Crippen molar-refractivity contribution in [1.29, 1.82) is 0 Å². The van der Waals surface area contributed by atoms with E-state index in [1.54, 1.807) is 0 Å². The zero-order valence-corrected chi connectivity index (χ0v) is 9.98. The lowest BCUT2D eigenvalue weighted by atomic mass is 10.2. The number of hydrogen-bond acceptors (Lipinski definition) is 5. The van der Waals surface area contributed by atoms with Crippen molar-refractivity contribution in [2.75, 3.05) is 13.1 Å². The second-order valence-electron chi connectivity index (χ2n) is 3.86. The Balaban J connectivity index is 2.10. The predicted molar refractivity (Wildman–Crippen MR) is 63.2 cm³/mol. The van der Waals surface area contributed by atoms with Crippen LogP contribution >= 0.6 is 0 Å². The number of nitro groups is 1. The quantitative estimate of drug-likeness (QED) is 0.639. The van der Waals surface area contributed by atoms with E-state index in [0.29, 0.717) is 5.03 Å². The summed E-state index contributed by atoms with van der Waals surface area (Å²) in [6, 6.07) is 2.83. The molecule has 0 bridgehead atoms. The van der Waals surface area contributed by atoms with Crippen LogP contribution in [0.1, 0.15) is 12.8 Å². The van der Waals surface area contributed by atoms with Gasteiger partial charge in [0.2, 0.25) is 0 Å². The van der Waals surface area contributed by atoms with Crippen molar-refractivity contribution in [3.05, 3.63) is 28.4 Å². The molecule has 17 heavy (non-hydrogen) atoms. The first kappa shape index (κ1) is 12.1. The Morgan fingerprint density at radius 1 is 1.41 bits per heavy atom. The minimum Gasteiger partial charge on any atom is -0.317 e. The van der Waals surface area contributed by atoms with Crippen molar-refractivity contribution in [2.45, 2.75) is 23.1 Å². The summed E-state index contributed by atoms with van der Waals surface area (Å²) in [5.74, 6) is 0. The second-order valence-corrected chi connectivity index (χ2v) is 5.54. The number of rotatable bonds is 3. The summed E-state index contributed by atoms with van der Waals surface area (Å²) >= 11 is 0. The molecule has 0 saturated carbocycles. The van der Waals surface area contributed by atoms with Crippen molar-refractivity contribution in [3.8, 4) is 0 Å². The van der Waals surface area contributed by atoms with Gasteiger partial charge in [0, 0.05) is 11.3 Å². The number of pyridine rings is 1. The molecule has 7 heteroatoms. The van der Waals surface area contributed by atoms with Crippen LogP contribution < -0.4 is 5.32 Å². The number of nitrogens with zero attached hydrogens (tertiary/aromatic N) is 2. The molecule has 1 atom stereocenters. The molecule has 1 fully saturated rings. The van der Waals surface area contributed by atoms with Crippen LogP contribution in [0.4, 0.5) is 5.69 Å². The van der Waals surface area contributed by atoms with Gasteiger partial charge in [-0.25, -0.2) is 4.98 Å². The van der Waals surface area contributed by atoms with Crippen LogP contribution in [0.2, 0.25) is 0 Å². The van der Waals surface area contributed by atoms with Crippen molar-refractivity contribution in [2.24, 2.45) is 0 Å². The highest BCUT2D eigenvalue weighted by atomic mass is 32.2. The first-order valence-corrected chi connectivity index (χ1v) is 6.61. The molecule has 2 heterocycles. The number of aromatic nitrogens is 1. The van der Waals surface area contributed by atoms with E-state index in [0.717, 1.165) is 32.1 Å². The molecule has 1 aromatic heterocycles. The maximum atomic E-state index is 12.1. The van der Waals surface area contributed by atoms with E-state index in [1.165, 1.54) is 12.1 Å². The summed E-state index contributed by atoms with van der Waals surface area (Å²) in [6.45, 7) is 1.73. The fourth-order valence-electron chi connectivity index (χ4n) is 1.78. The first-order valence-electron chi connectivity index (χ1n) is 5.40. The average molecular weight is 255 g/mol. The molecule has 0 amide bonds. The smallest absolute Gasteiger partial charge is 0.287 e. The fraction of sp³-hybridized carbons (Fsp3) is 0.500. The maximum absolute atomic E-state index is 12.1. The van der Waals surface area contributed by atoms with Crippen LogP contribution in [0.5, 0.6) is 0 Å². The molecule has 0 aliphatic carbocycles. The molecule has 92 valence electrons. The van der Waals surface area contributed by atoms with Gasteiger partial charge in [0.25, 0.3) is 5.69 Å². The van der Waals surface area contributed by atoms with Crippen LogP contribution in [0.25, 0.3) is 0 Å². The van der Waals surface area contributed by atoms with Crippen molar-refractivity contribution < 1.29 is 9.13 Å². The molecule has 1 aromatic rings. The summed E-state index contributed by atoms with van der Waals surface area (Å²) in [5, 5.41) is 14.2. The maximum Gasteiger partial charge on any atom is 0.287 e. The predicted octanol–water partition coefficient (Wildman–Crippen LogP) is 0.849. The average Bonchev–Trinajstić information content (AvgIpc) is 2.39. The van der Waals surface area contributed by atoms with Crippen LogP contribution in [-0.4, -0.2) is 32.5 Å². The number of piperidine rings is 1. The lowest BCUT2D eigenvalue weighted by molar-refractivity contribution is -0.385. The largest absolute Gasteiger partial charge is 0.317 e. The van der Waals surface area contributed by atoms with Gasteiger partial charge in [-0.1, -0.05) is 0 Å². The van der Waals surface area contributed by atoms with E-state index in [1.807, 2.05) is 0 Å². The lowest BCUT2D eigenvalue weighted by Gasteiger charge is -2.21. The summed E-state index contributed by atoms with van der Waals surface area (Å²) < 4.78 is 12.1. The lowest BCUT2D eigenvalue weighted by Crippen LogP contribution is -2.33. The highest BCUT2D eigenvalue weighted by molar-refractivity contribution is 7.85. The van der Waals surface area contributed by atoms with E-state index in [-0.39, 0.29) is 10.9 Å². The fourth-order valence-corrected chi connectivity index (χ4v) is 3.14. The van der Waals surface area contributed by atoms with Gasteiger partial charge in [0.1, 0.15) is 11.2 Å². The van der Waals surface area contributed by atoms with Gasteiger partial charge in [0.05, 0.1) is 15.7 Å². The van der Waals surface area contributed by atoms with E-state index < -0.39 is 15.7 Å². The van der Waals surface area contributed by atoms with Gasteiger partial charge in [0.15, 0.2) is 0 Å². The van der Waals surface area contributed by atoms with Gasteiger partial charge < -0.3 is 5.32 Å². The molecule has 1 saturated heterocycles. The molecule has 1 aliphatic rings. The Morgan fingerprint density at radius 2 is 2.12 bits per heavy atom. The Hall–Kier alpha value is -1.34. The molecule has 0 aromatic carbocycles. The van der Waals surface area contributed by atoms with E-state index in [4.69, 9.17) is 0 Å². The minimum atomic E-state index is -1.17. The van der Waals surface area contributed by atoms with Crippen molar-refractivity contribution >= 4 is 16.5 Å². The highest BCUT2D eigenvalue weighted by Crippen LogP contribution is 2.18. The van der Waals surface area contributed by atoms with Crippen LogP contribution in [0.15, 0.2) is 23.4 Å². The molecular weight excluding hydrogens is 242 g/mol. The Labute approximate surface area is 101 Å². The van der Waals surface area contributed by atoms with Crippen LogP contribution in [0, 0.1) is 10.1 Å². The van der Waals surface area contributed by atoms with Crippen LogP contribution in [0.3, 0.4) is 0 Å². The summed E-state index contributed by atoms with van der Waals surface area (Å²) in [5.41, 5.74) is -0.0731. The standard InChI is InChI=1S/C10H13N3O3S/c14-13(15)8-1-2-10(12-7-8)17(16)9-3-5-11-6-4-9/h1-2,7,9,11H,3-6H2/t17-/m0/s1. The third-order valence-corrected chi connectivity index (χ3v) is 4.46.